The average Bonchev–Trinajstić information content (AvgIpc) is 2.93. The van der Waals surface area contributed by atoms with Crippen LogP contribution >= 0.6 is 11.6 Å². The third-order valence-electron chi connectivity index (χ3n) is 2.49. The molecule has 0 bridgehead atoms. The predicted molar refractivity (Wildman–Crippen MR) is 56.7 cm³/mol. The molecule has 0 amide bonds. The van der Waals surface area contributed by atoms with Gasteiger partial charge >= 0.3 is 0 Å². The molecule has 0 aliphatic heterocycles. The molecule has 0 unspecified atom stereocenters. The van der Waals surface area contributed by atoms with Crippen molar-refractivity contribution < 1.29 is 4.42 Å². The molecule has 2 heterocycles. The van der Waals surface area contributed by atoms with E-state index in [0.717, 1.165) is 11.3 Å². The van der Waals surface area contributed by atoms with Gasteiger partial charge in [-0.1, -0.05) is 11.6 Å². The predicted octanol–water partition coefficient (Wildman–Crippen LogP) is 3.27. The quantitative estimate of drug-likeness (QED) is 0.730. The van der Waals surface area contributed by atoms with Crippen LogP contribution < -0.4 is 0 Å². The summed E-state index contributed by atoms with van der Waals surface area (Å²) >= 11 is 5.96. The molecule has 2 aromatic rings. The molecule has 15 heavy (non-hydrogen) atoms. The number of rotatable bonds is 2. The summed E-state index contributed by atoms with van der Waals surface area (Å²) in [6, 6.07) is 3.69. The first kappa shape index (κ1) is 8.92. The Morgan fingerprint density at radius 2 is 2.20 bits per heavy atom. The minimum atomic E-state index is 0.503. The zero-order valence-corrected chi connectivity index (χ0v) is 8.74. The van der Waals surface area contributed by atoms with Crippen molar-refractivity contribution >= 4 is 11.6 Å². The van der Waals surface area contributed by atoms with Gasteiger partial charge in [0.25, 0.3) is 0 Å². The van der Waals surface area contributed by atoms with E-state index < -0.39 is 0 Å². The molecule has 1 saturated carbocycles. The molecule has 0 atom stereocenters. The van der Waals surface area contributed by atoms with Crippen molar-refractivity contribution in [3.05, 3.63) is 35.5 Å². The van der Waals surface area contributed by atoms with Crippen LogP contribution in [0.5, 0.6) is 0 Å². The second kappa shape index (κ2) is 3.35. The molecule has 0 spiro atoms. The molecule has 1 aliphatic carbocycles. The Kier molecular flexibility index (Phi) is 1.99. The molecule has 76 valence electrons. The second-order valence-corrected chi connectivity index (χ2v) is 4.11. The minimum absolute atomic E-state index is 0.503. The second-order valence-electron chi connectivity index (χ2n) is 3.73. The van der Waals surface area contributed by atoms with Crippen LogP contribution in [-0.2, 0) is 0 Å². The van der Waals surface area contributed by atoms with E-state index in [9.17, 15) is 0 Å². The molecular formula is C11H9ClN2O. The van der Waals surface area contributed by atoms with Crippen LogP contribution in [0.3, 0.4) is 0 Å². The van der Waals surface area contributed by atoms with Crippen LogP contribution in [0.4, 0.5) is 0 Å². The molecule has 0 aromatic carbocycles. The summed E-state index contributed by atoms with van der Waals surface area (Å²) < 4.78 is 5.00. The number of halogens is 1. The molecule has 0 saturated heterocycles. The maximum atomic E-state index is 5.96. The van der Waals surface area contributed by atoms with Gasteiger partial charge in [-0.3, -0.25) is 0 Å². The van der Waals surface area contributed by atoms with Crippen molar-refractivity contribution in [3.63, 3.8) is 0 Å². The van der Waals surface area contributed by atoms with Crippen molar-refractivity contribution in [2.75, 3.05) is 0 Å². The van der Waals surface area contributed by atoms with Gasteiger partial charge in [-0.05, 0) is 25.0 Å². The highest BCUT2D eigenvalue weighted by Crippen LogP contribution is 2.40. The largest absolute Gasteiger partial charge is 0.472 e. The fraction of sp³-hybridized carbons (Fsp3) is 0.273. The summed E-state index contributed by atoms with van der Waals surface area (Å²) in [4.78, 5) is 8.66. The lowest BCUT2D eigenvalue weighted by atomic mass is 10.2. The maximum absolute atomic E-state index is 5.96. The Balaban J connectivity index is 2.07. The van der Waals surface area contributed by atoms with E-state index in [1.54, 1.807) is 12.5 Å². The van der Waals surface area contributed by atoms with E-state index in [2.05, 4.69) is 9.97 Å². The van der Waals surface area contributed by atoms with E-state index in [0.29, 0.717) is 16.9 Å². The first-order valence-electron chi connectivity index (χ1n) is 4.90. The van der Waals surface area contributed by atoms with Crippen molar-refractivity contribution in [2.45, 2.75) is 18.8 Å². The van der Waals surface area contributed by atoms with Crippen LogP contribution in [0.25, 0.3) is 11.4 Å². The van der Waals surface area contributed by atoms with Gasteiger partial charge in [0.15, 0.2) is 5.82 Å². The number of hydrogen-bond acceptors (Lipinski definition) is 3. The van der Waals surface area contributed by atoms with Crippen LogP contribution in [0.15, 0.2) is 29.1 Å². The van der Waals surface area contributed by atoms with Crippen molar-refractivity contribution in [3.8, 4) is 11.4 Å². The molecule has 3 nitrogen and oxygen atoms in total. The summed E-state index contributed by atoms with van der Waals surface area (Å²) in [7, 11) is 0. The first-order chi connectivity index (χ1) is 7.33. The van der Waals surface area contributed by atoms with Gasteiger partial charge in [-0.15, -0.1) is 0 Å². The van der Waals surface area contributed by atoms with Gasteiger partial charge in [0.2, 0.25) is 0 Å². The van der Waals surface area contributed by atoms with Crippen molar-refractivity contribution in [1.82, 2.24) is 9.97 Å². The van der Waals surface area contributed by atoms with Crippen LogP contribution in [-0.4, -0.2) is 9.97 Å². The van der Waals surface area contributed by atoms with E-state index >= 15 is 0 Å². The Morgan fingerprint density at radius 3 is 2.87 bits per heavy atom. The fourth-order valence-electron chi connectivity index (χ4n) is 1.54. The third-order valence-corrected chi connectivity index (χ3v) is 2.68. The number of aromatic nitrogens is 2. The molecule has 0 radical (unpaired) electrons. The van der Waals surface area contributed by atoms with E-state index in [1.807, 2.05) is 12.1 Å². The lowest BCUT2D eigenvalue weighted by Gasteiger charge is -2.01. The number of nitrogens with zero attached hydrogens (tertiary/aromatic N) is 2. The van der Waals surface area contributed by atoms with Crippen LogP contribution in [0.1, 0.15) is 24.5 Å². The summed E-state index contributed by atoms with van der Waals surface area (Å²) in [6.07, 6.45) is 5.65. The number of furan rings is 1. The SMILES string of the molecule is Clc1cc(C2CC2)nc(-c2ccoc2)n1. The van der Waals surface area contributed by atoms with Gasteiger partial charge in [0.1, 0.15) is 11.4 Å². The molecule has 2 aromatic heterocycles. The Labute approximate surface area is 92.1 Å². The Morgan fingerprint density at radius 1 is 1.33 bits per heavy atom. The normalized spacial score (nSPS) is 15.5. The average molecular weight is 221 g/mol. The summed E-state index contributed by atoms with van der Waals surface area (Å²) in [6.45, 7) is 0. The van der Waals surface area contributed by atoms with Crippen LogP contribution in [0, 0.1) is 0 Å². The highest BCUT2D eigenvalue weighted by atomic mass is 35.5. The standard InChI is InChI=1S/C11H9ClN2O/c12-10-5-9(7-1-2-7)13-11(14-10)8-3-4-15-6-8/h3-7H,1-2H2. The van der Waals surface area contributed by atoms with E-state index in [-0.39, 0.29) is 0 Å². The summed E-state index contributed by atoms with van der Waals surface area (Å²) in [5.41, 5.74) is 1.92. The van der Waals surface area contributed by atoms with Gasteiger partial charge < -0.3 is 4.42 Å². The monoisotopic (exact) mass is 220 g/mol. The lowest BCUT2D eigenvalue weighted by molar-refractivity contribution is 0.568. The van der Waals surface area contributed by atoms with Gasteiger partial charge in [0.05, 0.1) is 11.8 Å². The Bertz CT molecular complexity index is 477. The van der Waals surface area contributed by atoms with Crippen molar-refractivity contribution in [2.24, 2.45) is 0 Å². The van der Waals surface area contributed by atoms with Crippen molar-refractivity contribution in [1.29, 1.82) is 0 Å². The van der Waals surface area contributed by atoms with Gasteiger partial charge in [-0.2, -0.15) is 0 Å². The maximum Gasteiger partial charge on any atom is 0.164 e. The molecule has 0 N–H and O–H groups in total. The molecular weight excluding hydrogens is 212 g/mol. The molecule has 4 heteroatoms. The van der Waals surface area contributed by atoms with Gasteiger partial charge in [-0.25, -0.2) is 9.97 Å². The smallest absolute Gasteiger partial charge is 0.164 e. The highest BCUT2D eigenvalue weighted by Gasteiger charge is 2.26. The zero-order valence-electron chi connectivity index (χ0n) is 7.98. The molecule has 1 fully saturated rings. The highest BCUT2D eigenvalue weighted by molar-refractivity contribution is 6.29. The topological polar surface area (TPSA) is 38.9 Å². The van der Waals surface area contributed by atoms with Gasteiger partial charge in [0, 0.05) is 11.6 Å². The van der Waals surface area contributed by atoms with E-state index in [4.69, 9.17) is 16.0 Å². The Hall–Kier alpha value is -1.35. The van der Waals surface area contributed by atoms with Crippen LogP contribution in [0.2, 0.25) is 5.15 Å². The first-order valence-corrected chi connectivity index (χ1v) is 5.28. The number of hydrogen-bond donors (Lipinski definition) is 0. The molecule has 3 rings (SSSR count). The summed E-state index contributed by atoms with van der Waals surface area (Å²) in [5.74, 6) is 1.23. The van der Waals surface area contributed by atoms with E-state index in [1.165, 1.54) is 12.8 Å². The zero-order chi connectivity index (χ0) is 10.3. The molecule has 1 aliphatic rings. The fourth-order valence-corrected chi connectivity index (χ4v) is 1.74. The third kappa shape index (κ3) is 1.75. The summed E-state index contributed by atoms with van der Waals surface area (Å²) in [5, 5.41) is 0.503. The lowest BCUT2D eigenvalue weighted by Crippen LogP contribution is -1.93. The minimum Gasteiger partial charge on any atom is -0.472 e.